The first-order valence-corrected chi connectivity index (χ1v) is 18.6. The number of benzene rings is 8. The highest BCUT2D eigenvalue weighted by atomic mass is 32.1. The number of anilines is 3. The summed E-state index contributed by atoms with van der Waals surface area (Å²) >= 11 is 3.76. The lowest BCUT2D eigenvalue weighted by molar-refractivity contribution is 1.18. The van der Waals surface area contributed by atoms with Gasteiger partial charge in [0.05, 0.1) is 16.7 Å². The van der Waals surface area contributed by atoms with Gasteiger partial charge in [-0.3, -0.25) is 0 Å². The fourth-order valence-electron chi connectivity index (χ4n) is 7.96. The largest absolute Gasteiger partial charge is 0.310 e. The zero-order chi connectivity index (χ0) is 32.8. The summed E-state index contributed by atoms with van der Waals surface area (Å²) in [5.74, 6) is 0. The van der Waals surface area contributed by atoms with E-state index < -0.39 is 0 Å². The molecule has 4 heteroatoms. The van der Waals surface area contributed by atoms with Crippen molar-refractivity contribution in [3.63, 3.8) is 0 Å². The molecule has 234 valence electrons. The van der Waals surface area contributed by atoms with Gasteiger partial charge in [0, 0.05) is 68.2 Å². The first kappa shape index (κ1) is 28.0. The molecule has 0 fully saturated rings. The van der Waals surface area contributed by atoms with Crippen molar-refractivity contribution in [3.8, 4) is 5.69 Å². The van der Waals surface area contributed by atoms with Crippen molar-refractivity contribution < 1.29 is 0 Å². The average Bonchev–Trinajstić information content (AvgIpc) is 3.85. The number of rotatable bonds is 4. The standard InChI is InChI=1S/C46H28N2S2/c1-2-12-30(13-3-1)48-39-17-8-6-15-34(39)37-27-31(22-25-40(37)48)47(32-23-26-43-38(28-32)35-16-7-9-19-42(35)49-43)41-18-10-20-44-45(41)36-24-21-29-11-4-5-14-33(29)46(36)50-44/h1-28H. The minimum atomic E-state index is 1.14. The Bertz CT molecular complexity index is 3110. The van der Waals surface area contributed by atoms with Crippen molar-refractivity contribution in [1.29, 1.82) is 0 Å². The second-order valence-corrected chi connectivity index (χ2v) is 15.1. The molecular weight excluding hydrogens is 645 g/mol. The summed E-state index contributed by atoms with van der Waals surface area (Å²) in [6, 6.07) is 62.4. The Hall–Kier alpha value is -5.94. The third-order valence-corrected chi connectivity index (χ3v) is 12.5. The maximum Gasteiger partial charge on any atom is 0.0554 e. The molecule has 0 saturated carbocycles. The fourth-order valence-corrected chi connectivity index (χ4v) is 10.3. The Kier molecular flexibility index (Phi) is 6.03. The van der Waals surface area contributed by atoms with Crippen LogP contribution in [0.1, 0.15) is 0 Å². The van der Waals surface area contributed by atoms with Crippen LogP contribution in [0.3, 0.4) is 0 Å². The second-order valence-electron chi connectivity index (χ2n) is 12.9. The first-order valence-electron chi connectivity index (χ1n) is 16.9. The van der Waals surface area contributed by atoms with Crippen molar-refractivity contribution in [2.75, 3.05) is 4.90 Å². The Labute approximate surface area is 296 Å². The summed E-state index contributed by atoms with van der Waals surface area (Å²) in [5.41, 5.74) is 7.06. The molecule has 50 heavy (non-hydrogen) atoms. The zero-order valence-corrected chi connectivity index (χ0v) is 28.5. The van der Waals surface area contributed by atoms with Crippen molar-refractivity contribution >= 4 is 113 Å². The molecule has 0 radical (unpaired) electrons. The van der Waals surface area contributed by atoms with E-state index in [1.807, 2.05) is 22.7 Å². The van der Waals surface area contributed by atoms with E-state index in [2.05, 4.69) is 179 Å². The van der Waals surface area contributed by atoms with Gasteiger partial charge in [-0.25, -0.2) is 0 Å². The van der Waals surface area contributed by atoms with E-state index in [1.165, 1.54) is 84.3 Å². The molecule has 0 N–H and O–H groups in total. The van der Waals surface area contributed by atoms with Crippen LogP contribution in [0, 0.1) is 0 Å². The van der Waals surface area contributed by atoms with E-state index in [0.29, 0.717) is 0 Å². The van der Waals surface area contributed by atoms with E-state index in [-0.39, 0.29) is 0 Å². The third-order valence-electron chi connectivity index (χ3n) is 10.2. The zero-order valence-electron chi connectivity index (χ0n) is 26.9. The van der Waals surface area contributed by atoms with Crippen molar-refractivity contribution in [2.45, 2.75) is 0 Å². The molecule has 0 aliphatic carbocycles. The molecule has 3 heterocycles. The van der Waals surface area contributed by atoms with E-state index in [1.54, 1.807) is 0 Å². The van der Waals surface area contributed by atoms with Crippen molar-refractivity contribution in [1.82, 2.24) is 4.57 Å². The second kappa shape index (κ2) is 10.8. The molecule has 0 spiro atoms. The lowest BCUT2D eigenvalue weighted by atomic mass is 10.0. The lowest BCUT2D eigenvalue weighted by Crippen LogP contribution is -2.10. The van der Waals surface area contributed by atoms with Gasteiger partial charge in [-0.2, -0.15) is 0 Å². The van der Waals surface area contributed by atoms with Crippen LogP contribution in [0.15, 0.2) is 170 Å². The molecule has 0 aliphatic heterocycles. The van der Waals surface area contributed by atoms with Crippen LogP contribution < -0.4 is 4.90 Å². The molecular formula is C46H28N2S2. The van der Waals surface area contributed by atoms with E-state index in [4.69, 9.17) is 0 Å². The van der Waals surface area contributed by atoms with Crippen molar-refractivity contribution in [2.24, 2.45) is 0 Å². The highest BCUT2D eigenvalue weighted by Gasteiger charge is 2.22. The molecule has 0 atom stereocenters. The number of fused-ring (bicyclic) bond motifs is 11. The molecule has 0 bridgehead atoms. The molecule has 0 unspecified atom stereocenters. The number of nitrogens with zero attached hydrogens (tertiary/aromatic N) is 2. The predicted molar refractivity (Wildman–Crippen MR) is 219 cm³/mol. The number of hydrogen-bond donors (Lipinski definition) is 0. The van der Waals surface area contributed by atoms with Gasteiger partial charge in [0.25, 0.3) is 0 Å². The number of para-hydroxylation sites is 2. The van der Waals surface area contributed by atoms with Crippen molar-refractivity contribution in [3.05, 3.63) is 170 Å². The first-order chi connectivity index (χ1) is 24.8. The Balaban J connectivity index is 1.22. The molecule has 0 saturated heterocycles. The number of thiophene rings is 2. The molecule has 3 aromatic heterocycles. The van der Waals surface area contributed by atoms with E-state index in [0.717, 1.165) is 11.4 Å². The van der Waals surface area contributed by atoms with Crippen LogP contribution in [-0.2, 0) is 0 Å². The SMILES string of the molecule is c1ccc(-n2c3ccccc3c3cc(N(c4ccc5sc6ccccc6c5c4)c4cccc5sc6c7ccccc7ccc6c45)ccc32)cc1. The lowest BCUT2D eigenvalue weighted by Gasteiger charge is -2.27. The molecule has 8 aromatic carbocycles. The van der Waals surface area contributed by atoms with Gasteiger partial charge in [0.2, 0.25) is 0 Å². The van der Waals surface area contributed by atoms with Gasteiger partial charge in [-0.15, -0.1) is 22.7 Å². The smallest absolute Gasteiger partial charge is 0.0554 e. The van der Waals surface area contributed by atoms with Crippen LogP contribution in [-0.4, -0.2) is 4.57 Å². The Morgan fingerprint density at radius 3 is 1.98 bits per heavy atom. The highest BCUT2D eigenvalue weighted by Crippen LogP contribution is 2.48. The normalized spacial score (nSPS) is 12.0. The number of aromatic nitrogens is 1. The van der Waals surface area contributed by atoms with Gasteiger partial charge in [0.15, 0.2) is 0 Å². The summed E-state index contributed by atoms with van der Waals surface area (Å²) in [6.07, 6.45) is 0. The van der Waals surface area contributed by atoms with Crippen LogP contribution in [0.4, 0.5) is 17.1 Å². The summed E-state index contributed by atoms with van der Waals surface area (Å²) in [7, 11) is 0. The maximum atomic E-state index is 2.49. The van der Waals surface area contributed by atoms with Crippen LogP contribution >= 0.6 is 22.7 Å². The monoisotopic (exact) mass is 672 g/mol. The quantitative estimate of drug-likeness (QED) is 0.181. The minimum Gasteiger partial charge on any atom is -0.310 e. The van der Waals surface area contributed by atoms with Gasteiger partial charge in [-0.1, -0.05) is 97.1 Å². The van der Waals surface area contributed by atoms with Gasteiger partial charge in [0.1, 0.15) is 0 Å². The highest BCUT2D eigenvalue weighted by molar-refractivity contribution is 7.27. The number of hydrogen-bond acceptors (Lipinski definition) is 3. The maximum absolute atomic E-state index is 2.49. The molecule has 11 rings (SSSR count). The minimum absolute atomic E-state index is 1.14. The molecule has 0 aliphatic rings. The Morgan fingerprint density at radius 1 is 0.400 bits per heavy atom. The average molecular weight is 673 g/mol. The summed E-state index contributed by atoms with van der Waals surface area (Å²) in [4.78, 5) is 2.49. The third kappa shape index (κ3) is 4.07. The van der Waals surface area contributed by atoms with E-state index in [9.17, 15) is 0 Å². The molecule has 0 amide bonds. The molecule has 11 aromatic rings. The summed E-state index contributed by atoms with van der Waals surface area (Å²) in [6.45, 7) is 0. The molecule has 2 nitrogen and oxygen atoms in total. The van der Waals surface area contributed by atoms with Crippen LogP contribution in [0.2, 0.25) is 0 Å². The van der Waals surface area contributed by atoms with Gasteiger partial charge in [-0.05, 0) is 83.6 Å². The summed E-state index contributed by atoms with van der Waals surface area (Å²) in [5, 5.41) is 10.3. The summed E-state index contributed by atoms with van der Waals surface area (Å²) < 4.78 is 7.65. The fraction of sp³-hybridized carbons (Fsp3) is 0. The Morgan fingerprint density at radius 2 is 1.08 bits per heavy atom. The topological polar surface area (TPSA) is 8.17 Å². The van der Waals surface area contributed by atoms with E-state index >= 15 is 0 Å². The van der Waals surface area contributed by atoms with Crippen LogP contribution in [0.25, 0.3) is 78.6 Å². The predicted octanol–water partition coefficient (Wildman–Crippen LogP) is 14.1. The van der Waals surface area contributed by atoms with Gasteiger partial charge >= 0.3 is 0 Å². The van der Waals surface area contributed by atoms with Crippen LogP contribution in [0.5, 0.6) is 0 Å². The van der Waals surface area contributed by atoms with Gasteiger partial charge < -0.3 is 9.47 Å².